The lowest BCUT2D eigenvalue weighted by Crippen LogP contribution is -2.36. The van der Waals surface area contributed by atoms with Crippen LogP contribution in [0.5, 0.6) is 0 Å². The zero-order valence-corrected chi connectivity index (χ0v) is 16.7. The third-order valence-electron chi connectivity index (χ3n) is 4.61. The monoisotopic (exact) mass is 413 g/mol. The highest BCUT2D eigenvalue weighted by Crippen LogP contribution is 2.27. The smallest absolute Gasteiger partial charge is 0.154 e. The van der Waals surface area contributed by atoms with Crippen molar-refractivity contribution in [3.63, 3.8) is 0 Å². The first kappa shape index (κ1) is 19.8. The Morgan fingerprint density at radius 3 is 2.69 bits per heavy atom. The lowest BCUT2D eigenvalue weighted by Gasteiger charge is -2.28. The van der Waals surface area contributed by atoms with Gasteiger partial charge in [-0.3, -0.25) is 10.2 Å². The minimum absolute atomic E-state index is 0.566. The highest BCUT2D eigenvalue weighted by Gasteiger charge is 2.13. The van der Waals surface area contributed by atoms with Crippen LogP contribution in [0.1, 0.15) is 0 Å². The van der Waals surface area contributed by atoms with Crippen molar-refractivity contribution in [3.8, 4) is 11.3 Å². The molecule has 0 atom stereocenters. The fraction of sp³-hybridized carbons (Fsp3) is 0.316. The molecule has 152 valence electrons. The Hall–Kier alpha value is -2.50. The minimum Gasteiger partial charge on any atom is -0.378 e. The van der Waals surface area contributed by atoms with Crippen LogP contribution in [0, 0.1) is 0 Å². The van der Waals surface area contributed by atoms with Gasteiger partial charge in [-0.2, -0.15) is 0 Å². The van der Waals surface area contributed by atoms with Crippen molar-refractivity contribution in [1.82, 2.24) is 19.5 Å². The van der Waals surface area contributed by atoms with Gasteiger partial charge in [0.15, 0.2) is 5.82 Å². The number of rotatable bonds is 7. The molecule has 10 heteroatoms. The van der Waals surface area contributed by atoms with Gasteiger partial charge in [-0.25, -0.2) is 15.8 Å². The van der Waals surface area contributed by atoms with Crippen LogP contribution >= 0.6 is 11.9 Å². The Kier molecular flexibility index (Phi) is 6.37. The number of hydrogen-bond donors (Lipinski definition) is 3. The number of nitrogens with one attached hydrogen (secondary N) is 1. The third kappa shape index (κ3) is 4.92. The van der Waals surface area contributed by atoms with Crippen LogP contribution in [-0.2, 0) is 4.74 Å². The van der Waals surface area contributed by atoms with E-state index in [1.807, 2.05) is 6.07 Å². The maximum absolute atomic E-state index is 9.03. The van der Waals surface area contributed by atoms with E-state index in [0.29, 0.717) is 28.2 Å². The number of aromatic nitrogens is 3. The van der Waals surface area contributed by atoms with Crippen molar-refractivity contribution in [2.45, 2.75) is 0 Å². The third-order valence-corrected chi connectivity index (χ3v) is 5.27. The molecule has 0 radical (unpaired) electrons. The average molecular weight is 414 g/mol. The Bertz CT molecular complexity index is 949. The van der Waals surface area contributed by atoms with Gasteiger partial charge >= 0.3 is 0 Å². The number of anilines is 2. The summed E-state index contributed by atoms with van der Waals surface area (Å²) in [7, 11) is 0. The maximum atomic E-state index is 9.03. The van der Waals surface area contributed by atoms with Gasteiger partial charge in [0.05, 0.1) is 24.4 Å². The Balaban J connectivity index is 1.58. The largest absolute Gasteiger partial charge is 0.378 e. The summed E-state index contributed by atoms with van der Waals surface area (Å²) in [5, 5.41) is 12.3. The van der Waals surface area contributed by atoms with E-state index < -0.39 is 0 Å². The highest BCUT2D eigenvalue weighted by molar-refractivity contribution is 7.96. The number of ether oxygens (including phenoxy) is 1. The van der Waals surface area contributed by atoms with Crippen molar-refractivity contribution in [2.75, 3.05) is 48.8 Å². The molecule has 0 unspecified atom stereocenters. The molecule has 0 aliphatic carbocycles. The molecule has 3 heterocycles. The number of nitrogens with two attached hydrogens (primary N) is 1. The van der Waals surface area contributed by atoms with Crippen LogP contribution in [0.4, 0.5) is 11.5 Å². The average Bonchev–Trinajstić information content (AvgIpc) is 2.77. The Labute approximate surface area is 173 Å². The molecule has 0 saturated carbocycles. The molecule has 0 bridgehead atoms. The molecule has 29 heavy (non-hydrogen) atoms. The van der Waals surface area contributed by atoms with Crippen LogP contribution in [0.2, 0.25) is 0 Å². The number of pyridine rings is 1. The lowest BCUT2D eigenvalue weighted by atomic mass is 10.1. The quantitative estimate of drug-likeness (QED) is 0.230. The van der Waals surface area contributed by atoms with E-state index in [1.165, 1.54) is 5.69 Å². The summed E-state index contributed by atoms with van der Waals surface area (Å²) in [6.07, 6.45) is 3.32. The number of morpholine rings is 1. The Morgan fingerprint density at radius 1 is 1.17 bits per heavy atom. The van der Waals surface area contributed by atoms with E-state index in [-0.39, 0.29) is 0 Å². The van der Waals surface area contributed by atoms with Crippen molar-refractivity contribution in [2.24, 2.45) is 5.84 Å². The molecule has 1 fully saturated rings. The summed E-state index contributed by atoms with van der Waals surface area (Å²) in [4.78, 5) is 15.9. The van der Waals surface area contributed by atoms with Gasteiger partial charge < -0.3 is 15.0 Å². The van der Waals surface area contributed by atoms with Crippen LogP contribution < -0.4 is 16.1 Å². The Morgan fingerprint density at radius 2 is 1.93 bits per heavy atom. The molecule has 0 amide bonds. The molecule has 1 aliphatic rings. The molecular formula is C19H23N7O2S. The summed E-state index contributed by atoms with van der Waals surface area (Å²) in [6, 6.07) is 10.3. The first-order valence-electron chi connectivity index (χ1n) is 9.36. The second-order valence-corrected chi connectivity index (χ2v) is 7.53. The summed E-state index contributed by atoms with van der Waals surface area (Å²) >= 11 is 1.10. The maximum Gasteiger partial charge on any atom is 0.154 e. The molecule has 1 aliphatic heterocycles. The molecule has 9 nitrogen and oxygen atoms in total. The highest BCUT2D eigenvalue weighted by atomic mass is 32.2. The second kappa shape index (κ2) is 9.33. The molecular weight excluding hydrogens is 390 g/mol. The number of fused-ring (bicyclic) bond motifs is 1. The predicted octanol–water partition coefficient (Wildman–Crippen LogP) is 2.15. The van der Waals surface area contributed by atoms with Crippen LogP contribution in [0.15, 0.2) is 42.7 Å². The molecule has 0 spiro atoms. The fourth-order valence-electron chi connectivity index (χ4n) is 3.22. The molecule has 4 rings (SSSR count). The summed E-state index contributed by atoms with van der Waals surface area (Å²) < 4.78 is 6.02. The van der Waals surface area contributed by atoms with E-state index in [9.17, 15) is 0 Å². The van der Waals surface area contributed by atoms with Crippen molar-refractivity contribution < 1.29 is 9.94 Å². The predicted molar refractivity (Wildman–Crippen MR) is 115 cm³/mol. The van der Waals surface area contributed by atoms with Gasteiger partial charge in [0, 0.05) is 49.0 Å². The zero-order valence-electron chi connectivity index (χ0n) is 15.9. The van der Waals surface area contributed by atoms with Gasteiger partial charge in [-0.1, -0.05) is 16.7 Å². The van der Waals surface area contributed by atoms with Gasteiger partial charge in [0.1, 0.15) is 5.52 Å². The van der Waals surface area contributed by atoms with E-state index in [0.717, 1.165) is 55.0 Å². The normalized spacial score (nSPS) is 14.5. The minimum atomic E-state index is 0.566. The van der Waals surface area contributed by atoms with Crippen molar-refractivity contribution in [1.29, 1.82) is 0 Å². The molecule has 2 aromatic heterocycles. The van der Waals surface area contributed by atoms with E-state index >= 15 is 0 Å². The summed E-state index contributed by atoms with van der Waals surface area (Å²) in [5.41, 5.74) is 4.50. The van der Waals surface area contributed by atoms with Gasteiger partial charge in [-0.15, -0.1) is 0 Å². The standard InChI is InChI=1S/C19H23N7O2S/c20-26(27)29-12-7-23-19-18-17(21-5-6-22-18)13-16(24-19)14-1-3-15(4-2-14)25-8-10-28-11-9-25/h1-6,13,27H,7-12,20H2,(H,23,24). The van der Waals surface area contributed by atoms with Gasteiger partial charge in [0.2, 0.25) is 0 Å². The first-order valence-corrected chi connectivity index (χ1v) is 10.3. The molecule has 3 aromatic rings. The number of hydrogen-bond acceptors (Lipinski definition) is 10. The van der Waals surface area contributed by atoms with Crippen molar-refractivity contribution >= 4 is 34.5 Å². The van der Waals surface area contributed by atoms with E-state index in [1.54, 1.807) is 12.4 Å². The summed E-state index contributed by atoms with van der Waals surface area (Å²) in [6.45, 7) is 3.90. The molecule has 1 aromatic carbocycles. The van der Waals surface area contributed by atoms with Crippen LogP contribution in [0.25, 0.3) is 22.3 Å². The van der Waals surface area contributed by atoms with Crippen LogP contribution in [-0.4, -0.2) is 63.3 Å². The van der Waals surface area contributed by atoms with Gasteiger partial charge in [-0.05, 0) is 30.1 Å². The van der Waals surface area contributed by atoms with Crippen molar-refractivity contribution in [3.05, 3.63) is 42.7 Å². The van der Waals surface area contributed by atoms with Gasteiger partial charge in [0.25, 0.3) is 0 Å². The number of nitrogens with zero attached hydrogens (tertiary/aromatic N) is 5. The summed E-state index contributed by atoms with van der Waals surface area (Å²) in [5.74, 6) is 6.44. The van der Waals surface area contributed by atoms with E-state index in [4.69, 9.17) is 20.8 Å². The zero-order chi connectivity index (χ0) is 20.1. The fourth-order valence-corrected chi connectivity index (χ4v) is 3.60. The molecule has 4 N–H and O–H groups in total. The second-order valence-electron chi connectivity index (χ2n) is 6.49. The topological polar surface area (TPSA) is 113 Å². The lowest BCUT2D eigenvalue weighted by molar-refractivity contribution is 0.0165. The SMILES string of the molecule is NN(O)SCCNc1nc(-c2ccc(N3CCOCC3)cc2)cc2nccnc12. The first-order chi connectivity index (χ1) is 14.2. The van der Waals surface area contributed by atoms with Crippen LogP contribution in [0.3, 0.4) is 0 Å². The molecule has 1 saturated heterocycles. The number of hydrazine groups is 1. The number of benzene rings is 1. The van der Waals surface area contributed by atoms with E-state index in [2.05, 4.69) is 44.5 Å².